The van der Waals surface area contributed by atoms with Gasteiger partial charge in [0.15, 0.2) is 11.5 Å². The molecule has 0 bridgehead atoms. The number of piperazine rings is 1. The van der Waals surface area contributed by atoms with Crippen molar-refractivity contribution in [3.63, 3.8) is 0 Å². The number of carbonyl (C=O) groups is 1. The third kappa shape index (κ3) is 5.04. The van der Waals surface area contributed by atoms with Crippen molar-refractivity contribution in [2.75, 3.05) is 40.4 Å². The second-order valence-corrected chi connectivity index (χ2v) is 7.42. The fourth-order valence-electron chi connectivity index (χ4n) is 3.77. The van der Waals surface area contributed by atoms with Crippen LogP contribution in [0.15, 0.2) is 42.5 Å². The maximum absolute atomic E-state index is 12.6. The molecular formula is C23H31N2O3+. The van der Waals surface area contributed by atoms with E-state index in [1.54, 1.807) is 19.1 Å². The molecule has 2 aromatic carbocycles. The summed E-state index contributed by atoms with van der Waals surface area (Å²) < 4.78 is 10.6. The van der Waals surface area contributed by atoms with Crippen LogP contribution in [-0.4, -0.2) is 51.2 Å². The number of hydrogen-bond donors (Lipinski definition) is 1. The molecule has 1 amide bonds. The van der Waals surface area contributed by atoms with Gasteiger partial charge in [-0.15, -0.1) is 0 Å². The highest BCUT2D eigenvalue weighted by atomic mass is 16.5. The van der Waals surface area contributed by atoms with Crippen LogP contribution in [0.2, 0.25) is 0 Å². The topological polar surface area (TPSA) is 43.2 Å². The Bertz CT molecular complexity index is 798. The van der Waals surface area contributed by atoms with Crippen molar-refractivity contribution in [1.82, 2.24) is 4.90 Å². The van der Waals surface area contributed by atoms with Crippen molar-refractivity contribution in [1.29, 1.82) is 0 Å². The molecule has 0 unspecified atom stereocenters. The summed E-state index contributed by atoms with van der Waals surface area (Å²) in [7, 11) is 3.26. The zero-order valence-electron chi connectivity index (χ0n) is 17.2. The summed E-state index contributed by atoms with van der Waals surface area (Å²) in [6.45, 7) is 6.91. The smallest absolute Gasteiger partial charge is 0.223 e. The van der Waals surface area contributed by atoms with Crippen LogP contribution in [0.3, 0.4) is 0 Å². The quantitative estimate of drug-likeness (QED) is 0.794. The van der Waals surface area contributed by atoms with Gasteiger partial charge in [0.05, 0.1) is 40.4 Å². The summed E-state index contributed by atoms with van der Waals surface area (Å²) in [6.07, 6.45) is 1.25. The van der Waals surface area contributed by atoms with Gasteiger partial charge in [-0.1, -0.05) is 30.3 Å². The fraction of sp³-hybridized carbons (Fsp3) is 0.435. The summed E-state index contributed by atoms with van der Waals surface area (Å²) in [5.41, 5.74) is 3.85. The summed E-state index contributed by atoms with van der Waals surface area (Å²) >= 11 is 0. The predicted molar refractivity (Wildman–Crippen MR) is 110 cm³/mol. The van der Waals surface area contributed by atoms with Crippen LogP contribution in [0.4, 0.5) is 0 Å². The van der Waals surface area contributed by atoms with Gasteiger partial charge in [0.2, 0.25) is 5.91 Å². The van der Waals surface area contributed by atoms with Crippen LogP contribution in [0.25, 0.3) is 0 Å². The Morgan fingerprint density at radius 1 is 1.04 bits per heavy atom. The molecule has 0 spiro atoms. The predicted octanol–water partition coefficient (Wildman–Crippen LogP) is 1.87. The summed E-state index contributed by atoms with van der Waals surface area (Å²) in [4.78, 5) is 16.2. The van der Waals surface area contributed by atoms with Gasteiger partial charge >= 0.3 is 0 Å². The number of quaternary nitrogens is 1. The lowest BCUT2D eigenvalue weighted by Gasteiger charge is -2.32. The molecule has 0 radical (unpaired) electrons. The number of methoxy groups -OCH3 is 2. The Morgan fingerprint density at radius 3 is 2.43 bits per heavy atom. The van der Waals surface area contributed by atoms with E-state index in [0.717, 1.165) is 44.7 Å². The Labute approximate surface area is 167 Å². The molecule has 0 atom stereocenters. The number of carbonyl (C=O) groups excluding carboxylic acids is 1. The first-order valence-electron chi connectivity index (χ1n) is 9.97. The number of nitrogens with zero attached hydrogens (tertiary/aromatic N) is 1. The minimum Gasteiger partial charge on any atom is -0.493 e. The third-order valence-corrected chi connectivity index (χ3v) is 5.60. The lowest BCUT2D eigenvalue weighted by Crippen LogP contribution is -3.13. The maximum atomic E-state index is 12.6. The highest BCUT2D eigenvalue weighted by Crippen LogP contribution is 2.28. The van der Waals surface area contributed by atoms with Gasteiger partial charge in [-0.25, -0.2) is 0 Å². The van der Waals surface area contributed by atoms with Gasteiger partial charge in [0, 0.05) is 12.0 Å². The molecule has 5 heteroatoms. The van der Waals surface area contributed by atoms with E-state index in [1.165, 1.54) is 11.1 Å². The van der Waals surface area contributed by atoms with Crippen LogP contribution in [0, 0.1) is 6.92 Å². The van der Waals surface area contributed by atoms with Crippen molar-refractivity contribution < 1.29 is 19.2 Å². The van der Waals surface area contributed by atoms with Gasteiger partial charge in [-0.3, -0.25) is 4.79 Å². The summed E-state index contributed by atoms with van der Waals surface area (Å²) in [6, 6.07) is 14.4. The first-order valence-corrected chi connectivity index (χ1v) is 9.97. The lowest BCUT2D eigenvalue weighted by atomic mass is 10.1. The highest BCUT2D eigenvalue weighted by molar-refractivity contribution is 5.76. The average Bonchev–Trinajstić information content (AvgIpc) is 2.74. The van der Waals surface area contributed by atoms with Crippen molar-refractivity contribution in [2.45, 2.75) is 26.3 Å². The number of amides is 1. The van der Waals surface area contributed by atoms with E-state index < -0.39 is 0 Å². The third-order valence-electron chi connectivity index (χ3n) is 5.60. The molecule has 5 nitrogen and oxygen atoms in total. The molecule has 0 aliphatic carbocycles. The molecule has 0 saturated carbocycles. The molecule has 1 aliphatic rings. The summed E-state index contributed by atoms with van der Waals surface area (Å²) in [5.74, 6) is 1.66. The maximum Gasteiger partial charge on any atom is 0.223 e. The van der Waals surface area contributed by atoms with E-state index in [4.69, 9.17) is 9.47 Å². The molecule has 2 aromatic rings. The minimum absolute atomic E-state index is 0.240. The van der Waals surface area contributed by atoms with Crippen LogP contribution in [-0.2, 0) is 17.8 Å². The largest absolute Gasteiger partial charge is 0.493 e. The molecule has 1 fully saturated rings. The Balaban J connectivity index is 1.47. The summed E-state index contributed by atoms with van der Waals surface area (Å²) in [5, 5.41) is 0. The number of nitrogens with one attached hydrogen (secondary N) is 1. The molecule has 28 heavy (non-hydrogen) atoms. The SMILES string of the molecule is COc1ccc(CCC(=O)N2CC[NH+](Cc3ccccc3C)CC2)cc1OC. The molecular weight excluding hydrogens is 352 g/mol. The van der Waals surface area contributed by atoms with Crippen molar-refractivity contribution in [2.24, 2.45) is 0 Å². The highest BCUT2D eigenvalue weighted by Gasteiger charge is 2.23. The first kappa shape index (κ1) is 20.2. The van der Waals surface area contributed by atoms with Crippen molar-refractivity contribution in [3.05, 3.63) is 59.2 Å². The number of benzene rings is 2. The van der Waals surface area contributed by atoms with Crippen molar-refractivity contribution in [3.8, 4) is 11.5 Å². The van der Waals surface area contributed by atoms with E-state index >= 15 is 0 Å². The fourth-order valence-corrected chi connectivity index (χ4v) is 3.77. The van der Waals surface area contributed by atoms with E-state index in [9.17, 15) is 4.79 Å². The standard InChI is InChI=1S/C23H30N2O3/c1-18-6-4-5-7-20(18)17-24-12-14-25(15-13-24)23(26)11-9-19-8-10-21(27-2)22(16-19)28-3/h4-8,10,16H,9,11-15,17H2,1-3H3/p+1. The average molecular weight is 384 g/mol. The molecule has 150 valence electrons. The Morgan fingerprint density at radius 2 is 1.75 bits per heavy atom. The van der Waals surface area contributed by atoms with Crippen LogP contribution < -0.4 is 14.4 Å². The van der Waals surface area contributed by atoms with Gasteiger partial charge in [0.1, 0.15) is 6.54 Å². The molecule has 3 rings (SSSR count). The van der Waals surface area contributed by atoms with Crippen LogP contribution in [0.1, 0.15) is 23.1 Å². The normalized spacial score (nSPS) is 14.8. The van der Waals surface area contributed by atoms with E-state index in [2.05, 4.69) is 31.2 Å². The molecule has 1 N–H and O–H groups in total. The monoisotopic (exact) mass is 383 g/mol. The molecule has 1 saturated heterocycles. The van der Waals surface area contributed by atoms with Crippen molar-refractivity contribution >= 4 is 5.91 Å². The number of ether oxygens (including phenoxy) is 2. The number of hydrogen-bond acceptors (Lipinski definition) is 3. The second-order valence-electron chi connectivity index (χ2n) is 7.42. The van der Waals surface area contributed by atoms with Crippen LogP contribution in [0.5, 0.6) is 11.5 Å². The Hall–Kier alpha value is -2.53. The minimum atomic E-state index is 0.240. The van der Waals surface area contributed by atoms with Crippen LogP contribution >= 0.6 is 0 Å². The number of rotatable bonds is 7. The lowest BCUT2D eigenvalue weighted by molar-refractivity contribution is -0.917. The second kappa shape index (κ2) is 9.60. The van der Waals surface area contributed by atoms with Gasteiger partial charge in [-0.2, -0.15) is 0 Å². The zero-order valence-corrected chi connectivity index (χ0v) is 17.2. The molecule has 1 heterocycles. The van der Waals surface area contributed by atoms with Gasteiger partial charge < -0.3 is 19.3 Å². The van der Waals surface area contributed by atoms with E-state index in [1.807, 2.05) is 23.1 Å². The Kier molecular flexibility index (Phi) is 6.93. The molecule has 0 aromatic heterocycles. The van der Waals surface area contributed by atoms with Gasteiger partial charge in [0.25, 0.3) is 0 Å². The van der Waals surface area contributed by atoms with E-state index in [0.29, 0.717) is 17.9 Å². The van der Waals surface area contributed by atoms with E-state index in [-0.39, 0.29) is 5.91 Å². The number of aryl methyl sites for hydroxylation is 2. The van der Waals surface area contributed by atoms with Gasteiger partial charge in [-0.05, 0) is 36.6 Å². The first-order chi connectivity index (χ1) is 13.6. The zero-order chi connectivity index (χ0) is 19.9. The molecule has 1 aliphatic heterocycles.